The quantitative estimate of drug-likeness (QED) is 0.507. The van der Waals surface area contributed by atoms with E-state index in [0.29, 0.717) is 11.3 Å². The number of hydrogen-bond donors (Lipinski definition) is 3. The number of rotatable bonds is 7. The fraction of sp³-hybridized carbons (Fsp3) is 0.346. The highest BCUT2D eigenvalue weighted by Gasteiger charge is 2.37. The van der Waals surface area contributed by atoms with Crippen LogP contribution in [0.4, 0.5) is 10.5 Å². The van der Waals surface area contributed by atoms with Gasteiger partial charge in [0.25, 0.3) is 17.7 Å². The monoisotopic (exact) mass is 494 g/mol. The molecule has 36 heavy (non-hydrogen) atoms. The lowest BCUT2D eigenvalue weighted by Crippen LogP contribution is -2.37. The third-order valence-electron chi connectivity index (χ3n) is 5.22. The maximum absolute atomic E-state index is 12.8. The number of alkyl carbamates (subject to hydrolysis) is 1. The molecular weight excluding hydrogens is 464 g/mol. The zero-order chi connectivity index (χ0) is 26.6. The number of hydrogen-bond acceptors (Lipinski definition) is 6. The number of carbonyl (C=O) groups is 5. The Morgan fingerprint density at radius 3 is 2.28 bits per heavy atom. The van der Waals surface area contributed by atoms with Crippen molar-refractivity contribution < 1.29 is 28.7 Å². The van der Waals surface area contributed by atoms with Crippen molar-refractivity contribution in [2.24, 2.45) is 0 Å². The molecule has 0 radical (unpaired) electrons. The van der Waals surface area contributed by atoms with E-state index in [9.17, 15) is 24.0 Å². The zero-order valence-electron chi connectivity index (χ0n) is 20.9. The Morgan fingerprint density at radius 2 is 1.61 bits per heavy atom. The molecule has 0 saturated heterocycles. The van der Waals surface area contributed by atoms with Gasteiger partial charge in [-0.25, -0.2) is 4.79 Å². The molecular formula is C26H30N4O6. The van der Waals surface area contributed by atoms with Crippen molar-refractivity contribution in [2.45, 2.75) is 52.8 Å². The van der Waals surface area contributed by atoms with Gasteiger partial charge in [-0.1, -0.05) is 18.2 Å². The summed E-state index contributed by atoms with van der Waals surface area (Å²) in [5, 5.41) is 7.86. The number of para-hydroxylation sites is 1. The second-order valence-electron chi connectivity index (χ2n) is 9.58. The number of fused-ring (bicyclic) bond motifs is 1. The molecule has 2 aromatic carbocycles. The number of ether oxygens (including phenoxy) is 1. The molecule has 0 atom stereocenters. The van der Waals surface area contributed by atoms with Gasteiger partial charge in [0, 0.05) is 23.8 Å². The van der Waals surface area contributed by atoms with Gasteiger partial charge >= 0.3 is 6.09 Å². The summed E-state index contributed by atoms with van der Waals surface area (Å²) < 4.78 is 5.11. The number of carbonyl (C=O) groups excluding carboxylic acids is 5. The number of nitrogens with one attached hydrogen (secondary N) is 3. The van der Waals surface area contributed by atoms with Crippen LogP contribution in [0.2, 0.25) is 0 Å². The van der Waals surface area contributed by atoms with Crippen LogP contribution in [-0.2, 0) is 16.1 Å². The summed E-state index contributed by atoms with van der Waals surface area (Å²) in [6.45, 7) is 8.47. The highest BCUT2D eigenvalue weighted by Crippen LogP contribution is 2.26. The minimum absolute atomic E-state index is 0.0941. The van der Waals surface area contributed by atoms with Crippen LogP contribution >= 0.6 is 0 Å². The van der Waals surface area contributed by atoms with Crippen molar-refractivity contribution in [1.82, 2.24) is 15.5 Å². The van der Waals surface area contributed by atoms with Crippen LogP contribution in [0.15, 0.2) is 42.5 Å². The summed E-state index contributed by atoms with van der Waals surface area (Å²) in [5.74, 6) is -1.69. The van der Waals surface area contributed by atoms with Gasteiger partial charge < -0.3 is 20.7 Å². The maximum Gasteiger partial charge on any atom is 0.408 e. The van der Waals surface area contributed by atoms with Crippen molar-refractivity contribution in [1.29, 1.82) is 0 Å². The Bertz CT molecular complexity index is 1220. The molecule has 3 rings (SSSR count). The molecule has 1 aliphatic rings. The average molecular weight is 495 g/mol. The average Bonchev–Trinajstić information content (AvgIpc) is 3.05. The Labute approximate surface area is 209 Å². The van der Waals surface area contributed by atoms with Crippen LogP contribution in [0.5, 0.6) is 0 Å². The molecule has 0 spiro atoms. The van der Waals surface area contributed by atoms with Crippen LogP contribution in [0.3, 0.4) is 0 Å². The van der Waals surface area contributed by atoms with E-state index in [4.69, 9.17) is 4.74 Å². The summed E-state index contributed by atoms with van der Waals surface area (Å²) in [7, 11) is 0. The van der Waals surface area contributed by atoms with E-state index >= 15 is 0 Å². The van der Waals surface area contributed by atoms with Crippen molar-refractivity contribution >= 4 is 35.4 Å². The Morgan fingerprint density at radius 1 is 0.944 bits per heavy atom. The van der Waals surface area contributed by atoms with Crippen LogP contribution < -0.4 is 16.0 Å². The SMILES string of the molecule is CC(C)N1C(=O)c2ccc(C(=O)NCc3ccccc3NC(=O)CNC(=O)OC(C)(C)C)cc2C1=O. The smallest absolute Gasteiger partial charge is 0.408 e. The highest BCUT2D eigenvalue weighted by molar-refractivity contribution is 6.22. The van der Waals surface area contributed by atoms with Gasteiger partial charge in [0.1, 0.15) is 12.1 Å². The molecule has 5 amide bonds. The summed E-state index contributed by atoms with van der Waals surface area (Å²) >= 11 is 0. The first-order valence-electron chi connectivity index (χ1n) is 11.5. The Kier molecular flexibility index (Phi) is 7.77. The van der Waals surface area contributed by atoms with Gasteiger partial charge in [0.05, 0.1) is 11.1 Å². The normalized spacial score (nSPS) is 12.9. The predicted octanol–water partition coefficient (Wildman–Crippen LogP) is 3.08. The molecule has 0 aromatic heterocycles. The second kappa shape index (κ2) is 10.6. The molecule has 190 valence electrons. The molecule has 10 nitrogen and oxygen atoms in total. The fourth-order valence-corrected chi connectivity index (χ4v) is 3.60. The van der Waals surface area contributed by atoms with Gasteiger partial charge in [-0.05, 0) is 64.4 Å². The maximum atomic E-state index is 12.8. The third kappa shape index (κ3) is 6.26. The number of benzene rings is 2. The second-order valence-corrected chi connectivity index (χ2v) is 9.58. The molecule has 0 saturated carbocycles. The summed E-state index contributed by atoms with van der Waals surface area (Å²) in [6, 6.07) is 11.0. The van der Waals surface area contributed by atoms with E-state index in [1.54, 1.807) is 58.9 Å². The van der Waals surface area contributed by atoms with E-state index in [2.05, 4.69) is 16.0 Å². The number of nitrogens with zero attached hydrogens (tertiary/aromatic N) is 1. The standard InChI is InChI=1S/C26H30N4O6/c1-15(2)30-23(33)18-11-10-16(12-19(18)24(30)34)22(32)27-13-17-8-6-7-9-20(17)29-21(31)14-28-25(35)36-26(3,4)5/h6-12,15H,13-14H2,1-5H3,(H,27,32)(H,28,35)(H,29,31). The van der Waals surface area contributed by atoms with E-state index in [-0.39, 0.29) is 41.7 Å². The minimum Gasteiger partial charge on any atom is -0.444 e. The molecule has 10 heteroatoms. The van der Waals surface area contributed by atoms with Crippen molar-refractivity contribution in [3.8, 4) is 0 Å². The topological polar surface area (TPSA) is 134 Å². The zero-order valence-corrected chi connectivity index (χ0v) is 20.9. The molecule has 1 heterocycles. The summed E-state index contributed by atoms with van der Waals surface area (Å²) in [4.78, 5) is 63.1. The van der Waals surface area contributed by atoms with Gasteiger partial charge in [0.2, 0.25) is 5.91 Å². The van der Waals surface area contributed by atoms with Crippen molar-refractivity contribution in [2.75, 3.05) is 11.9 Å². The van der Waals surface area contributed by atoms with Crippen LogP contribution in [0.25, 0.3) is 0 Å². The number of anilines is 1. The van der Waals surface area contributed by atoms with Gasteiger partial charge in [0.15, 0.2) is 0 Å². The third-order valence-corrected chi connectivity index (χ3v) is 5.22. The lowest BCUT2D eigenvalue weighted by atomic mass is 10.1. The molecule has 1 aliphatic heterocycles. The fourth-order valence-electron chi connectivity index (χ4n) is 3.60. The minimum atomic E-state index is -0.704. The molecule has 0 bridgehead atoms. The first-order valence-corrected chi connectivity index (χ1v) is 11.5. The van der Waals surface area contributed by atoms with Gasteiger partial charge in [-0.15, -0.1) is 0 Å². The Hall–Kier alpha value is -4.21. The van der Waals surface area contributed by atoms with E-state index in [1.165, 1.54) is 23.1 Å². The van der Waals surface area contributed by atoms with Crippen LogP contribution in [0.1, 0.15) is 71.3 Å². The molecule has 0 aliphatic carbocycles. The summed E-state index contributed by atoms with van der Waals surface area (Å²) in [6.07, 6.45) is -0.704. The summed E-state index contributed by atoms with van der Waals surface area (Å²) in [5.41, 5.74) is 1.14. The van der Waals surface area contributed by atoms with Crippen LogP contribution in [0, 0.1) is 0 Å². The van der Waals surface area contributed by atoms with E-state index in [0.717, 1.165) is 0 Å². The van der Waals surface area contributed by atoms with E-state index in [1.807, 2.05) is 0 Å². The lowest BCUT2D eigenvalue weighted by molar-refractivity contribution is -0.115. The molecule has 2 aromatic rings. The van der Waals surface area contributed by atoms with Crippen LogP contribution in [-0.4, -0.2) is 52.8 Å². The van der Waals surface area contributed by atoms with Gasteiger partial charge in [-0.3, -0.25) is 24.1 Å². The largest absolute Gasteiger partial charge is 0.444 e. The number of amides is 5. The lowest BCUT2D eigenvalue weighted by Gasteiger charge is -2.19. The first-order chi connectivity index (χ1) is 16.9. The Balaban J connectivity index is 1.62. The predicted molar refractivity (Wildman–Crippen MR) is 133 cm³/mol. The van der Waals surface area contributed by atoms with E-state index < -0.39 is 29.4 Å². The first kappa shape index (κ1) is 26.4. The van der Waals surface area contributed by atoms with Gasteiger partial charge in [-0.2, -0.15) is 0 Å². The molecule has 0 fully saturated rings. The highest BCUT2D eigenvalue weighted by atomic mass is 16.6. The molecule has 3 N–H and O–H groups in total. The molecule has 0 unspecified atom stereocenters. The number of imide groups is 1. The van der Waals surface area contributed by atoms with Crippen molar-refractivity contribution in [3.63, 3.8) is 0 Å². The van der Waals surface area contributed by atoms with Crippen molar-refractivity contribution in [3.05, 3.63) is 64.7 Å².